The van der Waals surface area contributed by atoms with Crippen molar-refractivity contribution in [2.45, 2.75) is 6.92 Å². The van der Waals surface area contributed by atoms with Crippen molar-refractivity contribution in [3.05, 3.63) is 35.9 Å². The monoisotopic (exact) mass is 203 g/mol. The number of hydrogen-bond acceptors (Lipinski definition) is 3. The molecular weight excluding hydrogens is 194 g/mol. The van der Waals surface area contributed by atoms with Crippen molar-refractivity contribution in [1.29, 1.82) is 0 Å². The molecule has 1 heterocycles. The highest BCUT2D eigenvalue weighted by atomic mass is 16.3. The molecule has 0 radical (unpaired) electrons. The molecule has 4 heteroatoms. The molecule has 2 amide bonds. The van der Waals surface area contributed by atoms with Crippen LogP contribution in [0.5, 0.6) is 5.75 Å². The first-order valence-electron chi connectivity index (χ1n) is 4.45. The van der Waals surface area contributed by atoms with Crippen molar-refractivity contribution >= 4 is 17.5 Å². The molecule has 0 fully saturated rings. The van der Waals surface area contributed by atoms with Crippen molar-refractivity contribution in [2.24, 2.45) is 0 Å². The van der Waals surface area contributed by atoms with Gasteiger partial charge in [0.15, 0.2) is 0 Å². The third-order valence-corrected chi connectivity index (χ3v) is 2.25. The van der Waals surface area contributed by atoms with E-state index in [0.717, 1.165) is 4.90 Å². The van der Waals surface area contributed by atoms with Gasteiger partial charge in [-0.15, -0.1) is 0 Å². The first kappa shape index (κ1) is 9.45. The fraction of sp³-hybridized carbons (Fsp3) is 0.0909. The minimum Gasteiger partial charge on any atom is -0.508 e. The minimum atomic E-state index is -0.356. The second kappa shape index (κ2) is 3.24. The van der Waals surface area contributed by atoms with E-state index in [0.29, 0.717) is 11.3 Å². The molecule has 0 aromatic heterocycles. The number of aryl methyl sites for hydroxylation is 1. The highest BCUT2D eigenvalue weighted by Crippen LogP contribution is 2.25. The van der Waals surface area contributed by atoms with Crippen LogP contribution in [0.2, 0.25) is 0 Å². The lowest BCUT2D eigenvalue weighted by molar-refractivity contribution is -0.119. The van der Waals surface area contributed by atoms with Crippen molar-refractivity contribution in [2.75, 3.05) is 4.90 Å². The Bertz CT molecular complexity index is 459. The van der Waals surface area contributed by atoms with Gasteiger partial charge in [0, 0.05) is 12.2 Å². The van der Waals surface area contributed by atoms with Gasteiger partial charge in [0.05, 0.1) is 5.69 Å². The van der Waals surface area contributed by atoms with E-state index in [1.54, 1.807) is 13.0 Å². The number of phenolic OH excluding ortho intramolecular Hbond substituents is 1. The Morgan fingerprint density at radius 1 is 1.13 bits per heavy atom. The Labute approximate surface area is 86.4 Å². The van der Waals surface area contributed by atoms with Crippen molar-refractivity contribution in [3.63, 3.8) is 0 Å². The van der Waals surface area contributed by atoms with Gasteiger partial charge in [0.1, 0.15) is 5.75 Å². The van der Waals surface area contributed by atoms with E-state index in [1.165, 1.54) is 24.3 Å². The molecule has 4 nitrogen and oxygen atoms in total. The lowest BCUT2D eigenvalue weighted by atomic mass is 10.2. The molecule has 0 spiro atoms. The minimum absolute atomic E-state index is 0.144. The Hall–Kier alpha value is -2.10. The molecule has 0 unspecified atom stereocenters. The predicted octanol–water partition coefficient (Wildman–Crippen LogP) is 1.13. The smallest absolute Gasteiger partial charge is 0.258 e. The van der Waals surface area contributed by atoms with E-state index in [4.69, 9.17) is 0 Å². The summed E-state index contributed by atoms with van der Waals surface area (Å²) in [6.45, 7) is 1.71. The molecule has 1 aliphatic rings. The number of amides is 2. The lowest BCUT2D eigenvalue weighted by Gasteiger charge is -2.14. The van der Waals surface area contributed by atoms with Gasteiger partial charge < -0.3 is 5.11 Å². The van der Waals surface area contributed by atoms with Gasteiger partial charge in [0.2, 0.25) is 0 Å². The number of benzene rings is 1. The topological polar surface area (TPSA) is 57.6 Å². The SMILES string of the molecule is Cc1cc(N2C(=O)C=CC2=O)ccc1O. The standard InChI is InChI=1S/C11H9NO3/c1-7-6-8(2-3-9(7)13)12-10(14)4-5-11(12)15/h2-6,13H,1H3. The van der Waals surface area contributed by atoms with Crippen LogP contribution in [0.15, 0.2) is 30.4 Å². The van der Waals surface area contributed by atoms with Crippen LogP contribution in [-0.2, 0) is 9.59 Å². The molecular formula is C11H9NO3. The Morgan fingerprint density at radius 3 is 2.27 bits per heavy atom. The van der Waals surface area contributed by atoms with Crippen LogP contribution in [0, 0.1) is 6.92 Å². The second-order valence-corrected chi connectivity index (χ2v) is 3.32. The summed E-state index contributed by atoms with van der Waals surface area (Å²) < 4.78 is 0. The van der Waals surface area contributed by atoms with Gasteiger partial charge in [-0.25, -0.2) is 4.90 Å². The van der Waals surface area contributed by atoms with E-state index in [-0.39, 0.29) is 17.6 Å². The number of carbonyl (C=O) groups is 2. The molecule has 0 bridgehead atoms. The largest absolute Gasteiger partial charge is 0.508 e. The Kier molecular flexibility index (Phi) is 2.04. The highest BCUT2D eigenvalue weighted by molar-refractivity contribution is 6.28. The first-order valence-corrected chi connectivity index (χ1v) is 4.45. The fourth-order valence-corrected chi connectivity index (χ4v) is 1.43. The number of imide groups is 1. The third-order valence-electron chi connectivity index (χ3n) is 2.25. The molecule has 1 aromatic rings. The number of anilines is 1. The first-order chi connectivity index (χ1) is 7.09. The van der Waals surface area contributed by atoms with Gasteiger partial charge in [0.25, 0.3) is 11.8 Å². The summed E-state index contributed by atoms with van der Waals surface area (Å²) in [5.41, 5.74) is 1.10. The Balaban J connectivity index is 2.42. The maximum atomic E-state index is 11.3. The van der Waals surface area contributed by atoms with Gasteiger partial charge in [-0.2, -0.15) is 0 Å². The maximum absolute atomic E-state index is 11.3. The second-order valence-electron chi connectivity index (χ2n) is 3.32. The van der Waals surface area contributed by atoms with Gasteiger partial charge >= 0.3 is 0 Å². The zero-order valence-electron chi connectivity index (χ0n) is 8.10. The average molecular weight is 203 g/mol. The van der Waals surface area contributed by atoms with Crippen molar-refractivity contribution in [1.82, 2.24) is 0 Å². The van der Waals surface area contributed by atoms with Gasteiger partial charge in [-0.3, -0.25) is 9.59 Å². The summed E-state index contributed by atoms with van der Waals surface area (Å²) in [6, 6.07) is 4.59. The molecule has 0 aliphatic carbocycles. The third kappa shape index (κ3) is 1.50. The summed E-state index contributed by atoms with van der Waals surface area (Å²) >= 11 is 0. The number of rotatable bonds is 1. The molecule has 0 saturated heterocycles. The lowest BCUT2D eigenvalue weighted by Crippen LogP contribution is -2.29. The molecule has 1 aromatic carbocycles. The van der Waals surface area contributed by atoms with Crippen LogP contribution < -0.4 is 4.90 Å². The molecule has 0 atom stereocenters. The van der Waals surface area contributed by atoms with Crippen LogP contribution >= 0.6 is 0 Å². The maximum Gasteiger partial charge on any atom is 0.258 e. The highest BCUT2D eigenvalue weighted by Gasteiger charge is 2.25. The zero-order chi connectivity index (χ0) is 11.0. The number of carbonyl (C=O) groups excluding carboxylic acids is 2. The van der Waals surface area contributed by atoms with Crippen LogP contribution in [-0.4, -0.2) is 16.9 Å². The number of aromatic hydroxyl groups is 1. The average Bonchev–Trinajstić information content (AvgIpc) is 2.52. The predicted molar refractivity (Wildman–Crippen MR) is 54.5 cm³/mol. The van der Waals surface area contributed by atoms with Gasteiger partial charge in [-0.05, 0) is 30.7 Å². The summed E-state index contributed by atoms with van der Waals surface area (Å²) in [5.74, 6) is -0.569. The molecule has 15 heavy (non-hydrogen) atoms. The normalized spacial score (nSPS) is 15.1. The molecule has 1 aliphatic heterocycles. The summed E-state index contributed by atoms with van der Waals surface area (Å²) in [6.07, 6.45) is 2.45. The van der Waals surface area contributed by atoms with E-state index < -0.39 is 0 Å². The van der Waals surface area contributed by atoms with Crippen molar-refractivity contribution in [3.8, 4) is 5.75 Å². The summed E-state index contributed by atoms with van der Waals surface area (Å²) in [5, 5.41) is 9.31. The van der Waals surface area contributed by atoms with Crippen LogP contribution in [0.4, 0.5) is 5.69 Å². The molecule has 1 N–H and O–H groups in total. The molecule has 2 rings (SSSR count). The van der Waals surface area contributed by atoms with Crippen LogP contribution in [0.3, 0.4) is 0 Å². The zero-order valence-corrected chi connectivity index (χ0v) is 8.10. The van der Waals surface area contributed by atoms with E-state index in [1.807, 2.05) is 0 Å². The van der Waals surface area contributed by atoms with E-state index >= 15 is 0 Å². The van der Waals surface area contributed by atoms with E-state index in [2.05, 4.69) is 0 Å². The summed E-state index contributed by atoms with van der Waals surface area (Å²) in [7, 11) is 0. The van der Waals surface area contributed by atoms with Crippen molar-refractivity contribution < 1.29 is 14.7 Å². The van der Waals surface area contributed by atoms with E-state index in [9.17, 15) is 14.7 Å². The van der Waals surface area contributed by atoms with Crippen LogP contribution in [0.25, 0.3) is 0 Å². The van der Waals surface area contributed by atoms with Gasteiger partial charge in [-0.1, -0.05) is 0 Å². The number of hydrogen-bond donors (Lipinski definition) is 1. The Morgan fingerprint density at radius 2 is 1.73 bits per heavy atom. The summed E-state index contributed by atoms with van der Waals surface area (Å²) in [4.78, 5) is 23.7. The quantitative estimate of drug-likeness (QED) is 0.696. The molecule has 0 saturated carbocycles. The molecule has 76 valence electrons. The van der Waals surface area contributed by atoms with Crippen LogP contribution in [0.1, 0.15) is 5.56 Å². The number of nitrogens with zero attached hydrogens (tertiary/aromatic N) is 1. The number of phenols is 1. The fourth-order valence-electron chi connectivity index (χ4n) is 1.43.